The first-order chi connectivity index (χ1) is 9.78. The summed E-state index contributed by atoms with van der Waals surface area (Å²) in [7, 11) is 0. The minimum Gasteiger partial charge on any atom is -0.327 e. The topological polar surface area (TPSA) is 30.7 Å². The number of imidazole rings is 1. The van der Waals surface area contributed by atoms with E-state index in [0.29, 0.717) is 5.88 Å². The quantitative estimate of drug-likeness (QED) is 0.661. The summed E-state index contributed by atoms with van der Waals surface area (Å²) in [5.74, 6) is 1.33. The molecular formula is C15H13BrClN3. The van der Waals surface area contributed by atoms with Gasteiger partial charge < -0.3 is 4.57 Å². The standard InChI is InChI=1S/C15H13BrClN3/c16-12-1-2-13-14(9-12)20(15(10-17)19-13)8-5-11-3-6-18-7-4-11/h1-4,6-7,9H,5,8,10H2. The number of pyridine rings is 1. The molecule has 2 aromatic heterocycles. The Kier molecular flexibility index (Phi) is 4.03. The molecule has 0 radical (unpaired) electrons. The van der Waals surface area contributed by atoms with Gasteiger partial charge >= 0.3 is 0 Å². The average molecular weight is 351 g/mol. The zero-order valence-corrected chi connectivity index (χ0v) is 13.1. The second kappa shape index (κ2) is 5.94. The third-order valence-corrected chi connectivity index (χ3v) is 4.01. The van der Waals surface area contributed by atoms with Crippen LogP contribution in [-0.2, 0) is 18.8 Å². The lowest BCUT2D eigenvalue weighted by molar-refractivity contribution is 0.687. The Morgan fingerprint density at radius 1 is 1.15 bits per heavy atom. The van der Waals surface area contributed by atoms with Crippen molar-refractivity contribution >= 4 is 38.6 Å². The first-order valence-corrected chi connectivity index (χ1v) is 7.70. The van der Waals surface area contributed by atoms with E-state index in [4.69, 9.17) is 11.6 Å². The van der Waals surface area contributed by atoms with E-state index < -0.39 is 0 Å². The van der Waals surface area contributed by atoms with Crippen molar-refractivity contribution in [2.24, 2.45) is 0 Å². The molecule has 0 aliphatic carbocycles. The molecule has 1 aromatic carbocycles. The van der Waals surface area contributed by atoms with Crippen molar-refractivity contribution in [3.05, 3.63) is 58.6 Å². The van der Waals surface area contributed by atoms with Crippen molar-refractivity contribution in [1.29, 1.82) is 0 Å². The molecule has 5 heteroatoms. The fourth-order valence-electron chi connectivity index (χ4n) is 2.29. The monoisotopic (exact) mass is 349 g/mol. The summed E-state index contributed by atoms with van der Waals surface area (Å²) in [6.07, 6.45) is 4.57. The highest BCUT2D eigenvalue weighted by Gasteiger charge is 2.10. The molecule has 3 nitrogen and oxygen atoms in total. The molecule has 0 N–H and O–H groups in total. The van der Waals surface area contributed by atoms with Crippen LogP contribution in [0.2, 0.25) is 0 Å². The third-order valence-electron chi connectivity index (χ3n) is 3.28. The summed E-state index contributed by atoms with van der Waals surface area (Å²) in [6, 6.07) is 10.2. The van der Waals surface area contributed by atoms with Crippen LogP contribution in [0, 0.1) is 0 Å². The molecule has 0 aliphatic heterocycles. The van der Waals surface area contributed by atoms with Crippen LogP contribution in [0.5, 0.6) is 0 Å². The Bertz CT molecular complexity index is 725. The van der Waals surface area contributed by atoms with Gasteiger partial charge in [-0.1, -0.05) is 15.9 Å². The number of nitrogens with zero attached hydrogens (tertiary/aromatic N) is 3. The Hall–Kier alpha value is -1.39. The van der Waals surface area contributed by atoms with Crippen LogP contribution in [0.3, 0.4) is 0 Å². The summed E-state index contributed by atoms with van der Waals surface area (Å²) in [5, 5.41) is 0. The van der Waals surface area contributed by atoms with E-state index in [-0.39, 0.29) is 0 Å². The van der Waals surface area contributed by atoms with E-state index >= 15 is 0 Å². The molecule has 0 bridgehead atoms. The van der Waals surface area contributed by atoms with Gasteiger partial charge in [-0.3, -0.25) is 4.98 Å². The summed E-state index contributed by atoms with van der Waals surface area (Å²) >= 11 is 9.53. The summed E-state index contributed by atoms with van der Waals surface area (Å²) in [6.45, 7) is 0.860. The number of fused-ring (bicyclic) bond motifs is 1. The number of aromatic nitrogens is 3. The highest BCUT2D eigenvalue weighted by molar-refractivity contribution is 9.10. The summed E-state index contributed by atoms with van der Waals surface area (Å²) < 4.78 is 3.24. The molecule has 0 unspecified atom stereocenters. The maximum atomic E-state index is 6.02. The molecule has 0 fully saturated rings. The van der Waals surface area contributed by atoms with Gasteiger partial charge in [0.05, 0.1) is 16.9 Å². The van der Waals surface area contributed by atoms with Crippen LogP contribution < -0.4 is 0 Å². The van der Waals surface area contributed by atoms with Crippen LogP contribution in [-0.4, -0.2) is 14.5 Å². The van der Waals surface area contributed by atoms with E-state index in [9.17, 15) is 0 Å². The SMILES string of the molecule is ClCc1nc2ccc(Br)cc2n1CCc1ccncc1. The van der Waals surface area contributed by atoms with E-state index in [1.165, 1.54) is 5.56 Å². The van der Waals surface area contributed by atoms with Crippen molar-refractivity contribution in [3.8, 4) is 0 Å². The van der Waals surface area contributed by atoms with Gasteiger partial charge in [-0.2, -0.15) is 0 Å². The Labute approximate surface area is 130 Å². The smallest absolute Gasteiger partial charge is 0.124 e. The van der Waals surface area contributed by atoms with Gasteiger partial charge in [-0.05, 0) is 42.3 Å². The highest BCUT2D eigenvalue weighted by Crippen LogP contribution is 2.22. The fourth-order valence-corrected chi connectivity index (χ4v) is 2.84. The van der Waals surface area contributed by atoms with Crippen LogP contribution >= 0.6 is 27.5 Å². The van der Waals surface area contributed by atoms with Crippen LogP contribution in [0.15, 0.2) is 47.2 Å². The van der Waals surface area contributed by atoms with Gasteiger partial charge in [0.1, 0.15) is 5.82 Å². The molecular weight excluding hydrogens is 338 g/mol. The summed E-state index contributed by atoms with van der Waals surface area (Å²) in [5.41, 5.74) is 3.36. The van der Waals surface area contributed by atoms with Gasteiger partial charge in [0.2, 0.25) is 0 Å². The third kappa shape index (κ3) is 2.72. The second-order valence-electron chi connectivity index (χ2n) is 4.55. The number of hydrogen-bond donors (Lipinski definition) is 0. The van der Waals surface area contributed by atoms with E-state index in [0.717, 1.165) is 34.3 Å². The number of hydrogen-bond acceptors (Lipinski definition) is 2. The maximum absolute atomic E-state index is 6.02. The number of alkyl halides is 1. The van der Waals surface area contributed by atoms with Crippen molar-refractivity contribution in [2.75, 3.05) is 0 Å². The van der Waals surface area contributed by atoms with E-state index in [2.05, 4.69) is 36.5 Å². The number of benzene rings is 1. The maximum Gasteiger partial charge on any atom is 0.124 e. The predicted octanol–water partition coefficient (Wildman–Crippen LogP) is 4.18. The zero-order valence-electron chi connectivity index (χ0n) is 10.8. The first kappa shape index (κ1) is 13.6. The van der Waals surface area contributed by atoms with Gasteiger partial charge in [0.25, 0.3) is 0 Å². The Morgan fingerprint density at radius 3 is 2.70 bits per heavy atom. The lowest BCUT2D eigenvalue weighted by atomic mass is 10.2. The molecule has 0 saturated heterocycles. The summed E-state index contributed by atoms with van der Waals surface area (Å²) in [4.78, 5) is 8.62. The highest BCUT2D eigenvalue weighted by atomic mass is 79.9. The lowest BCUT2D eigenvalue weighted by Gasteiger charge is -2.08. The van der Waals surface area contributed by atoms with Crippen LogP contribution in [0.1, 0.15) is 11.4 Å². The fraction of sp³-hybridized carbons (Fsp3) is 0.200. The molecule has 0 amide bonds. The second-order valence-corrected chi connectivity index (χ2v) is 5.73. The lowest BCUT2D eigenvalue weighted by Crippen LogP contribution is -2.05. The predicted molar refractivity (Wildman–Crippen MR) is 84.9 cm³/mol. The normalized spacial score (nSPS) is 11.1. The van der Waals surface area contributed by atoms with Gasteiger partial charge in [0.15, 0.2) is 0 Å². The molecule has 20 heavy (non-hydrogen) atoms. The van der Waals surface area contributed by atoms with E-state index in [1.54, 1.807) is 0 Å². The number of rotatable bonds is 4. The Balaban J connectivity index is 1.95. The molecule has 2 heterocycles. The van der Waals surface area contributed by atoms with Crippen molar-refractivity contribution in [3.63, 3.8) is 0 Å². The Morgan fingerprint density at radius 2 is 1.95 bits per heavy atom. The van der Waals surface area contributed by atoms with Crippen molar-refractivity contribution in [2.45, 2.75) is 18.8 Å². The average Bonchev–Trinajstić information content (AvgIpc) is 2.83. The molecule has 0 saturated carbocycles. The van der Waals surface area contributed by atoms with E-state index in [1.807, 2.05) is 36.7 Å². The van der Waals surface area contributed by atoms with Gasteiger partial charge in [0, 0.05) is 23.4 Å². The van der Waals surface area contributed by atoms with Gasteiger partial charge in [-0.15, -0.1) is 11.6 Å². The number of aryl methyl sites for hydroxylation is 2. The van der Waals surface area contributed by atoms with Gasteiger partial charge in [-0.25, -0.2) is 4.98 Å². The zero-order chi connectivity index (χ0) is 13.9. The molecule has 3 rings (SSSR count). The molecule has 3 aromatic rings. The first-order valence-electron chi connectivity index (χ1n) is 6.37. The molecule has 0 atom stereocenters. The van der Waals surface area contributed by atoms with Crippen molar-refractivity contribution in [1.82, 2.24) is 14.5 Å². The molecule has 0 aliphatic rings. The molecule has 102 valence electrons. The largest absolute Gasteiger partial charge is 0.327 e. The van der Waals surface area contributed by atoms with Crippen molar-refractivity contribution < 1.29 is 0 Å². The number of halogens is 2. The minimum atomic E-state index is 0.419. The van der Waals surface area contributed by atoms with Crippen LogP contribution in [0.4, 0.5) is 0 Å². The molecule has 0 spiro atoms. The minimum absolute atomic E-state index is 0.419. The van der Waals surface area contributed by atoms with Crippen LogP contribution in [0.25, 0.3) is 11.0 Å².